The third-order valence-electron chi connectivity index (χ3n) is 1.72. The summed E-state index contributed by atoms with van der Waals surface area (Å²) in [6, 6.07) is 0. The minimum absolute atomic E-state index is 0.134. The Labute approximate surface area is 63.0 Å². The zero-order chi connectivity index (χ0) is 8.20. The average molecular weight is 143 g/mol. The summed E-state index contributed by atoms with van der Waals surface area (Å²) in [5.41, 5.74) is -0.191. The van der Waals surface area contributed by atoms with Crippen molar-refractivity contribution >= 4 is 5.91 Å². The Balaban J connectivity index is 3.96. The van der Waals surface area contributed by atoms with Crippen molar-refractivity contribution in [1.29, 1.82) is 0 Å². The smallest absolute Gasteiger partial charge is 0.225 e. The third-order valence-corrected chi connectivity index (χ3v) is 1.72. The Morgan fingerprint density at radius 2 is 2.00 bits per heavy atom. The highest BCUT2D eigenvalue weighted by Crippen LogP contribution is 2.21. The Bertz CT molecular complexity index is 118. The fourth-order valence-electron chi connectivity index (χ4n) is 1.08. The van der Waals surface area contributed by atoms with Gasteiger partial charge in [-0.1, -0.05) is 27.2 Å². The van der Waals surface area contributed by atoms with Gasteiger partial charge in [-0.15, -0.1) is 0 Å². The molecule has 0 unspecified atom stereocenters. The number of hydrogen-bond acceptors (Lipinski definition) is 1. The van der Waals surface area contributed by atoms with E-state index in [4.69, 9.17) is 0 Å². The molecule has 0 spiro atoms. The summed E-state index contributed by atoms with van der Waals surface area (Å²) in [6.07, 6.45) is 2.01. The van der Waals surface area contributed by atoms with Crippen LogP contribution in [0.25, 0.3) is 0 Å². The lowest BCUT2D eigenvalue weighted by atomic mass is 9.87. The van der Waals surface area contributed by atoms with E-state index in [-0.39, 0.29) is 11.3 Å². The second-order valence-corrected chi connectivity index (χ2v) is 3.21. The van der Waals surface area contributed by atoms with Crippen LogP contribution >= 0.6 is 0 Å². The van der Waals surface area contributed by atoms with Gasteiger partial charge in [0.1, 0.15) is 0 Å². The van der Waals surface area contributed by atoms with Gasteiger partial charge in [-0.25, -0.2) is 0 Å². The predicted molar refractivity (Wildman–Crippen MR) is 42.8 cm³/mol. The molecule has 2 nitrogen and oxygen atoms in total. The van der Waals surface area contributed by atoms with Crippen molar-refractivity contribution in [2.75, 3.05) is 7.05 Å². The zero-order valence-corrected chi connectivity index (χ0v) is 7.32. The molecule has 0 saturated carbocycles. The van der Waals surface area contributed by atoms with E-state index in [0.29, 0.717) is 0 Å². The first-order chi connectivity index (χ1) is 4.54. The van der Waals surface area contributed by atoms with Crippen LogP contribution in [-0.4, -0.2) is 13.0 Å². The first-order valence-corrected chi connectivity index (χ1v) is 3.76. The standard InChI is InChI=1S/C8H17NO/c1-5-6-8(2,3)7(10)9-4/h5-6H2,1-4H3,(H,9,10). The van der Waals surface area contributed by atoms with Crippen molar-refractivity contribution in [2.24, 2.45) is 5.41 Å². The van der Waals surface area contributed by atoms with Crippen molar-refractivity contribution in [3.8, 4) is 0 Å². The molecule has 0 aliphatic rings. The monoisotopic (exact) mass is 143 g/mol. The number of carbonyl (C=O) groups excluding carboxylic acids is 1. The summed E-state index contributed by atoms with van der Waals surface area (Å²) in [7, 11) is 1.68. The number of carbonyl (C=O) groups is 1. The highest BCUT2D eigenvalue weighted by molar-refractivity contribution is 5.81. The van der Waals surface area contributed by atoms with Gasteiger partial charge in [0.15, 0.2) is 0 Å². The highest BCUT2D eigenvalue weighted by atomic mass is 16.2. The molecule has 0 aliphatic heterocycles. The van der Waals surface area contributed by atoms with Crippen LogP contribution in [0.2, 0.25) is 0 Å². The Morgan fingerprint density at radius 1 is 1.50 bits per heavy atom. The first-order valence-electron chi connectivity index (χ1n) is 3.76. The molecule has 0 aromatic carbocycles. The molecule has 1 N–H and O–H groups in total. The van der Waals surface area contributed by atoms with Crippen LogP contribution in [0.3, 0.4) is 0 Å². The van der Waals surface area contributed by atoms with E-state index in [1.807, 2.05) is 13.8 Å². The summed E-state index contributed by atoms with van der Waals surface area (Å²) < 4.78 is 0. The van der Waals surface area contributed by atoms with Gasteiger partial charge in [0.05, 0.1) is 0 Å². The molecular formula is C8H17NO. The van der Waals surface area contributed by atoms with Crippen LogP contribution in [0.1, 0.15) is 33.6 Å². The molecule has 0 aliphatic carbocycles. The fraction of sp³-hybridized carbons (Fsp3) is 0.875. The molecule has 10 heavy (non-hydrogen) atoms. The minimum Gasteiger partial charge on any atom is -0.359 e. The normalized spacial score (nSPS) is 11.2. The van der Waals surface area contributed by atoms with E-state index in [2.05, 4.69) is 12.2 Å². The topological polar surface area (TPSA) is 29.1 Å². The zero-order valence-electron chi connectivity index (χ0n) is 7.32. The fourth-order valence-corrected chi connectivity index (χ4v) is 1.08. The third kappa shape index (κ3) is 2.38. The first kappa shape index (κ1) is 9.47. The van der Waals surface area contributed by atoms with Crippen LogP contribution in [0, 0.1) is 5.41 Å². The van der Waals surface area contributed by atoms with Crippen molar-refractivity contribution < 1.29 is 4.79 Å². The van der Waals surface area contributed by atoms with Gasteiger partial charge in [-0.05, 0) is 6.42 Å². The molecular weight excluding hydrogens is 126 g/mol. The molecule has 0 radical (unpaired) electrons. The lowest BCUT2D eigenvalue weighted by Gasteiger charge is -2.21. The van der Waals surface area contributed by atoms with Gasteiger partial charge < -0.3 is 5.32 Å². The Hall–Kier alpha value is -0.530. The summed E-state index contributed by atoms with van der Waals surface area (Å²) in [4.78, 5) is 11.1. The van der Waals surface area contributed by atoms with Crippen molar-refractivity contribution in [3.63, 3.8) is 0 Å². The molecule has 0 saturated heterocycles. The molecule has 0 rings (SSSR count). The van der Waals surface area contributed by atoms with Gasteiger partial charge in [0, 0.05) is 12.5 Å². The van der Waals surface area contributed by atoms with Crippen molar-refractivity contribution in [3.05, 3.63) is 0 Å². The largest absolute Gasteiger partial charge is 0.359 e. The van der Waals surface area contributed by atoms with E-state index >= 15 is 0 Å². The van der Waals surface area contributed by atoms with Crippen LogP contribution in [-0.2, 0) is 4.79 Å². The Morgan fingerprint density at radius 3 is 2.30 bits per heavy atom. The average Bonchev–Trinajstić information content (AvgIpc) is 1.86. The van der Waals surface area contributed by atoms with Crippen molar-refractivity contribution in [1.82, 2.24) is 5.32 Å². The van der Waals surface area contributed by atoms with E-state index in [0.717, 1.165) is 12.8 Å². The quantitative estimate of drug-likeness (QED) is 0.638. The molecule has 60 valence electrons. The molecule has 2 heteroatoms. The van der Waals surface area contributed by atoms with Gasteiger partial charge >= 0.3 is 0 Å². The molecule has 0 aromatic heterocycles. The second-order valence-electron chi connectivity index (χ2n) is 3.21. The SMILES string of the molecule is CCCC(C)(C)C(=O)NC. The van der Waals surface area contributed by atoms with Crippen LogP contribution in [0.4, 0.5) is 0 Å². The summed E-state index contributed by atoms with van der Waals surface area (Å²) >= 11 is 0. The maximum absolute atomic E-state index is 11.1. The summed E-state index contributed by atoms with van der Waals surface area (Å²) in [5, 5.41) is 2.65. The lowest BCUT2D eigenvalue weighted by molar-refractivity contribution is -0.129. The molecule has 0 atom stereocenters. The number of hydrogen-bond donors (Lipinski definition) is 1. The van der Waals surface area contributed by atoms with Gasteiger partial charge in [0.25, 0.3) is 0 Å². The highest BCUT2D eigenvalue weighted by Gasteiger charge is 2.24. The molecule has 0 bridgehead atoms. The summed E-state index contributed by atoms with van der Waals surface area (Å²) in [5.74, 6) is 0.134. The van der Waals surface area contributed by atoms with E-state index < -0.39 is 0 Å². The van der Waals surface area contributed by atoms with Crippen LogP contribution in [0.15, 0.2) is 0 Å². The van der Waals surface area contributed by atoms with Crippen LogP contribution in [0.5, 0.6) is 0 Å². The van der Waals surface area contributed by atoms with E-state index in [9.17, 15) is 4.79 Å². The Kier molecular flexibility index (Phi) is 3.40. The van der Waals surface area contributed by atoms with E-state index in [1.165, 1.54) is 0 Å². The molecule has 0 aromatic rings. The minimum atomic E-state index is -0.191. The van der Waals surface area contributed by atoms with Crippen molar-refractivity contribution in [2.45, 2.75) is 33.6 Å². The van der Waals surface area contributed by atoms with E-state index in [1.54, 1.807) is 7.05 Å². The number of nitrogens with one attached hydrogen (secondary N) is 1. The summed E-state index contributed by atoms with van der Waals surface area (Å²) in [6.45, 7) is 6.02. The van der Waals surface area contributed by atoms with Gasteiger partial charge in [-0.2, -0.15) is 0 Å². The maximum Gasteiger partial charge on any atom is 0.225 e. The lowest BCUT2D eigenvalue weighted by Crippen LogP contribution is -2.34. The van der Waals surface area contributed by atoms with Gasteiger partial charge in [0.2, 0.25) is 5.91 Å². The molecule has 0 heterocycles. The maximum atomic E-state index is 11.1. The number of amides is 1. The molecule has 0 fully saturated rings. The molecule has 1 amide bonds. The van der Waals surface area contributed by atoms with Gasteiger partial charge in [-0.3, -0.25) is 4.79 Å². The predicted octanol–water partition coefficient (Wildman–Crippen LogP) is 1.56. The number of rotatable bonds is 3. The second kappa shape index (κ2) is 3.59. The van der Waals surface area contributed by atoms with Crippen LogP contribution < -0.4 is 5.32 Å².